The van der Waals surface area contributed by atoms with Crippen LogP contribution in [0.1, 0.15) is 25.7 Å². The van der Waals surface area contributed by atoms with Gasteiger partial charge in [0.05, 0.1) is 10.7 Å². The van der Waals surface area contributed by atoms with Gasteiger partial charge in [-0.3, -0.25) is 0 Å². The van der Waals surface area contributed by atoms with Crippen LogP contribution in [0.2, 0.25) is 5.02 Å². The average Bonchev–Trinajstić information content (AvgIpc) is 3.12. The topological polar surface area (TPSA) is 35.6 Å². The molecule has 0 unspecified atom stereocenters. The SMILES string of the molecule is O=C(Nc1ccc(N2CCCC2)c(Cl)c1)N1CCCC1. The molecule has 0 aromatic heterocycles. The summed E-state index contributed by atoms with van der Waals surface area (Å²) in [6, 6.07) is 5.77. The highest BCUT2D eigenvalue weighted by Crippen LogP contribution is 2.31. The molecule has 0 saturated carbocycles. The number of rotatable bonds is 2. The third-order valence-corrected chi connectivity index (χ3v) is 4.34. The number of halogens is 1. The molecule has 2 saturated heterocycles. The van der Waals surface area contributed by atoms with E-state index in [1.54, 1.807) is 0 Å². The lowest BCUT2D eigenvalue weighted by molar-refractivity contribution is 0.222. The van der Waals surface area contributed by atoms with E-state index in [1.807, 2.05) is 23.1 Å². The van der Waals surface area contributed by atoms with Crippen LogP contribution < -0.4 is 10.2 Å². The number of amides is 2. The number of anilines is 2. The summed E-state index contributed by atoms with van der Waals surface area (Å²) in [6.07, 6.45) is 4.65. The third kappa shape index (κ3) is 2.85. The number of likely N-dealkylation sites (tertiary alicyclic amines) is 1. The van der Waals surface area contributed by atoms with E-state index >= 15 is 0 Å². The number of benzene rings is 1. The zero-order chi connectivity index (χ0) is 13.9. The predicted octanol–water partition coefficient (Wildman–Crippen LogP) is 3.57. The van der Waals surface area contributed by atoms with E-state index < -0.39 is 0 Å². The van der Waals surface area contributed by atoms with Crippen molar-refractivity contribution in [2.24, 2.45) is 0 Å². The zero-order valence-electron chi connectivity index (χ0n) is 11.6. The Kier molecular flexibility index (Phi) is 4.01. The first-order chi connectivity index (χ1) is 9.74. The molecule has 3 rings (SSSR count). The molecule has 1 aromatic carbocycles. The van der Waals surface area contributed by atoms with Crippen molar-refractivity contribution in [2.45, 2.75) is 25.7 Å². The van der Waals surface area contributed by atoms with E-state index in [2.05, 4.69) is 10.2 Å². The third-order valence-electron chi connectivity index (χ3n) is 4.04. The quantitative estimate of drug-likeness (QED) is 0.905. The van der Waals surface area contributed by atoms with Crippen molar-refractivity contribution in [2.75, 3.05) is 36.4 Å². The number of hydrogen-bond donors (Lipinski definition) is 1. The highest BCUT2D eigenvalue weighted by atomic mass is 35.5. The number of nitrogens with one attached hydrogen (secondary N) is 1. The summed E-state index contributed by atoms with van der Waals surface area (Å²) in [4.78, 5) is 16.2. The molecule has 0 atom stereocenters. The number of carbonyl (C=O) groups is 1. The maximum Gasteiger partial charge on any atom is 0.321 e. The van der Waals surface area contributed by atoms with E-state index in [0.717, 1.165) is 50.4 Å². The van der Waals surface area contributed by atoms with Gasteiger partial charge in [-0.15, -0.1) is 0 Å². The highest BCUT2D eigenvalue weighted by Gasteiger charge is 2.19. The van der Waals surface area contributed by atoms with Gasteiger partial charge in [-0.2, -0.15) is 0 Å². The Morgan fingerprint density at radius 3 is 2.35 bits per heavy atom. The molecule has 0 radical (unpaired) electrons. The van der Waals surface area contributed by atoms with Gasteiger partial charge < -0.3 is 15.1 Å². The summed E-state index contributed by atoms with van der Waals surface area (Å²) in [7, 11) is 0. The van der Waals surface area contributed by atoms with Crippen molar-refractivity contribution in [1.29, 1.82) is 0 Å². The summed E-state index contributed by atoms with van der Waals surface area (Å²) in [5, 5.41) is 3.64. The monoisotopic (exact) mass is 293 g/mol. The van der Waals surface area contributed by atoms with Crippen LogP contribution in [0, 0.1) is 0 Å². The molecule has 0 aliphatic carbocycles. The van der Waals surface area contributed by atoms with E-state index in [1.165, 1.54) is 12.8 Å². The number of nitrogens with zero attached hydrogens (tertiary/aromatic N) is 2. The lowest BCUT2D eigenvalue weighted by atomic mass is 10.2. The fourth-order valence-electron chi connectivity index (χ4n) is 2.92. The van der Waals surface area contributed by atoms with Crippen LogP contribution in [0.4, 0.5) is 16.2 Å². The van der Waals surface area contributed by atoms with Gasteiger partial charge in [0, 0.05) is 31.9 Å². The molecule has 2 fully saturated rings. The lowest BCUT2D eigenvalue weighted by Crippen LogP contribution is -2.32. The first-order valence-corrected chi connectivity index (χ1v) is 7.72. The smallest absolute Gasteiger partial charge is 0.321 e. The van der Waals surface area contributed by atoms with Crippen molar-refractivity contribution < 1.29 is 4.79 Å². The fourth-order valence-corrected chi connectivity index (χ4v) is 3.22. The average molecular weight is 294 g/mol. The molecule has 5 heteroatoms. The van der Waals surface area contributed by atoms with Gasteiger partial charge in [0.1, 0.15) is 0 Å². The summed E-state index contributed by atoms with van der Waals surface area (Å²) in [6.45, 7) is 3.84. The molecular weight excluding hydrogens is 274 g/mol. The van der Waals surface area contributed by atoms with Crippen LogP contribution in [-0.2, 0) is 0 Å². The Labute approximate surface area is 124 Å². The molecular formula is C15H20ClN3O. The minimum atomic E-state index is -0.0208. The Hall–Kier alpha value is -1.42. The van der Waals surface area contributed by atoms with Crippen LogP contribution in [0.15, 0.2) is 18.2 Å². The summed E-state index contributed by atoms with van der Waals surface area (Å²) < 4.78 is 0. The summed E-state index contributed by atoms with van der Waals surface area (Å²) in [5.74, 6) is 0. The Bertz CT molecular complexity index is 494. The summed E-state index contributed by atoms with van der Waals surface area (Å²) >= 11 is 6.35. The maximum atomic E-state index is 12.0. The van der Waals surface area contributed by atoms with E-state index in [-0.39, 0.29) is 6.03 Å². The molecule has 1 aromatic rings. The normalized spacial score (nSPS) is 18.6. The highest BCUT2D eigenvalue weighted by molar-refractivity contribution is 6.33. The molecule has 0 bridgehead atoms. The van der Waals surface area contributed by atoms with Crippen molar-refractivity contribution in [3.63, 3.8) is 0 Å². The molecule has 108 valence electrons. The van der Waals surface area contributed by atoms with E-state index in [9.17, 15) is 4.79 Å². The van der Waals surface area contributed by atoms with Crippen molar-refractivity contribution >= 4 is 29.0 Å². The number of carbonyl (C=O) groups excluding carboxylic acids is 1. The minimum Gasteiger partial charge on any atom is -0.370 e. The second-order valence-corrected chi connectivity index (χ2v) is 5.89. The first kappa shape index (κ1) is 13.6. The Balaban J connectivity index is 1.68. The minimum absolute atomic E-state index is 0.0208. The fraction of sp³-hybridized carbons (Fsp3) is 0.533. The van der Waals surface area contributed by atoms with Gasteiger partial charge >= 0.3 is 6.03 Å². The van der Waals surface area contributed by atoms with Gasteiger partial charge in [-0.25, -0.2) is 4.79 Å². The molecule has 0 spiro atoms. The molecule has 2 aliphatic rings. The van der Waals surface area contributed by atoms with Gasteiger partial charge in [0.15, 0.2) is 0 Å². The molecule has 4 nitrogen and oxygen atoms in total. The predicted molar refractivity (Wildman–Crippen MR) is 82.7 cm³/mol. The van der Waals surface area contributed by atoms with Gasteiger partial charge in [-0.05, 0) is 43.9 Å². The van der Waals surface area contributed by atoms with Gasteiger partial charge in [0.25, 0.3) is 0 Å². The molecule has 2 aliphatic heterocycles. The van der Waals surface area contributed by atoms with Crippen molar-refractivity contribution in [3.8, 4) is 0 Å². The standard InChI is InChI=1S/C15H20ClN3O/c16-13-11-12(17-15(20)19-9-3-4-10-19)5-6-14(13)18-7-1-2-8-18/h5-6,11H,1-4,7-10H2,(H,17,20). The first-order valence-electron chi connectivity index (χ1n) is 7.34. The molecule has 1 N–H and O–H groups in total. The van der Waals surface area contributed by atoms with Crippen molar-refractivity contribution in [3.05, 3.63) is 23.2 Å². The van der Waals surface area contributed by atoms with Gasteiger partial charge in [0.2, 0.25) is 0 Å². The van der Waals surface area contributed by atoms with Crippen LogP contribution in [0.25, 0.3) is 0 Å². The van der Waals surface area contributed by atoms with Crippen LogP contribution in [0.3, 0.4) is 0 Å². The van der Waals surface area contributed by atoms with Gasteiger partial charge in [-0.1, -0.05) is 11.6 Å². The maximum absolute atomic E-state index is 12.0. The second kappa shape index (κ2) is 5.92. The Morgan fingerprint density at radius 1 is 1.05 bits per heavy atom. The van der Waals surface area contributed by atoms with Crippen LogP contribution in [0.5, 0.6) is 0 Å². The molecule has 20 heavy (non-hydrogen) atoms. The Morgan fingerprint density at radius 2 is 1.70 bits per heavy atom. The van der Waals surface area contributed by atoms with E-state index in [4.69, 9.17) is 11.6 Å². The number of hydrogen-bond acceptors (Lipinski definition) is 2. The molecule has 2 amide bonds. The number of urea groups is 1. The second-order valence-electron chi connectivity index (χ2n) is 5.48. The van der Waals surface area contributed by atoms with E-state index in [0.29, 0.717) is 5.02 Å². The van der Waals surface area contributed by atoms with Crippen LogP contribution in [-0.4, -0.2) is 37.1 Å². The summed E-state index contributed by atoms with van der Waals surface area (Å²) in [5.41, 5.74) is 1.85. The largest absolute Gasteiger partial charge is 0.370 e. The lowest BCUT2D eigenvalue weighted by Gasteiger charge is -2.20. The molecule has 2 heterocycles. The van der Waals surface area contributed by atoms with Crippen molar-refractivity contribution in [1.82, 2.24) is 4.90 Å². The zero-order valence-corrected chi connectivity index (χ0v) is 12.3. The van der Waals surface area contributed by atoms with Crippen LogP contribution >= 0.6 is 11.6 Å².